The molecule has 3 rings (SSSR count). The minimum Gasteiger partial charge on any atom is -0.450 e. The normalized spacial score (nSPS) is 23.1. The van der Waals surface area contributed by atoms with Crippen LogP contribution in [0.1, 0.15) is 64.9 Å². The van der Waals surface area contributed by atoms with Crippen LogP contribution in [-0.2, 0) is 20.1 Å². The Morgan fingerprint density at radius 2 is 1.83 bits per heavy atom. The molecule has 2 atom stereocenters. The molecule has 1 aromatic rings. The number of hydrogen-bond donors (Lipinski definition) is 3. The lowest BCUT2D eigenvalue weighted by molar-refractivity contribution is -0.140. The Kier molecular flexibility index (Phi) is 10.5. The predicted octanol–water partition coefficient (Wildman–Crippen LogP) is 3.44. The number of rotatable bonds is 10. The first-order chi connectivity index (χ1) is 17.2. The summed E-state index contributed by atoms with van der Waals surface area (Å²) >= 11 is 1.60. The molecule has 0 aromatic heterocycles. The maximum Gasteiger partial charge on any atom is 0.407 e. The van der Waals surface area contributed by atoms with Gasteiger partial charge in [0.25, 0.3) is 0 Å². The highest BCUT2D eigenvalue weighted by Crippen LogP contribution is 2.34. The van der Waals surface area contributed by atoms with E-state index in [0.29, 0.717) is 31.2 Å². The van der Waals surface area contributed by atoms with Crippen molar-refractivity contribution in [3.63, 3.8) is 0 Å². The van der Waals surface area contributed by atoms with Gasteiger partial charge in [-0.25, -0.2) is 4.79 Å². The number of ether oxygens (including phenoxy) is 1. The number of carbonyl (C=O) groups is 3. The van der Waals surface area contributed by atoms with E-state index in [1.54, 1.807) is 23.6 Å². The third kappa shape index (κ3) is 7.87. The van der Waals surface area contributed by atoms with Crippen molar-refractivity contribution in [3.8, 4) is 0 Å². The number of alkyl carbamates (subject to hydrolysis) is 1. The number of thioether (sulfide) groups is 1. The Balaban J connectivity index is 1.68. The summed E-state index contributed by atoms with van der Waals surface area (Å²) in [4.78, 5) is 41.0. The molecule has 1 aliphatic carbocycles. The lowest BCUT2D eigenvalue weighted by Gasteiger charge is -2.37. The molecule has 1 aromatic carbocycles. The van der Waals surface area contributed by atoms with Crippen LogP contribution in [0.4, 0.5) is 4.79 Å². The Hall–Kier alpha value is -2.26. The molecular formula is C27H42N4O4S. The van der Waals surface area contributed by atoms with Gasteiger partial charge in [0.15, 0.2) is 0 Å². The average Bonchev–Trinajstić information content (AvgIpc) is 3.36. The maximum absolute atomic E-state index is 13.8. The van der Waals surface area contributed by atoms with Crippen LogP contribution in [0.15, 0.2) is 30.3 Å². The molecule has 1 saturated carbocycles. The number of benzene rings is 1. The number of likely N-dealkylation sites (tertiary alicyclic amines) is 1. The molecule has 1 saturated heterocycles. The Morgan fingerprint density at radius 1 is 1.14 bits per heavy atom. The number of nitrogens with zero attached hydrogens (tertiary/aromatic N) is 1. The molecular weight excluding hydrogens is 476 g/mol. The molecule has 2 fully saturated rings. The van der Waals surface area contributed by atoms with Crippen molar-refractivity contribution in [1.29, 1.82) is 0 Å². The van der Waals surface area contributed by atoms with E-state index < -0.39 is 22.9 Å². The van der Waals surface area contributed by atoms with Crippen molar-refractivity contribution in [2.75, 3.05) is 19.7 Å². The third-order valence-corrected chi connectivity index (χ3v) is 8.69. The van der Waals surface area contributed by atoms with E-state index in [1.807, 2.05) is 44.2 Å². The van der Waals surface area contributed by atoms with Gasteiger partial charge in [-0.3, -0.25) is 9.59 Å². The van der Waals surface area contributed by atoms with E-state index in [-0.39, 0.29) is 24.5 Å². The van der Waals surface area contributed by atoms with Crippen LogP contribution in [-0.4, -0.2) is 65.4 Å². The van der Waals surface area contributed by atoms with Gasteiger partial charge in [-0.1, -0.05) is 30.3 Å². The van der Waals surface area contributed by atoms with Crippen molar-refractivity contribution in [2.24, 2.45) is 11.7 Å². The average molecular weight is 519 g/mol. The summed E-state index contributed by atoms with van der Waals surface area (Å²) in [6, 6.07) is 8.93. The first-order valence-electron chi connectivity index (χ1n) is 13.2. The third-order valence-electron chi connectivity index (χ3n) is 7.23. The van der Waals surface area contributed by atoms with Crippen molar-refractivity contribution in [1.82, 2.24) is 15.5 Å². The first kappa shape index (κ1) is 28.3. The van der Waals surface area contributed by atoms with Gasteiger partial charge in [0.05, 0.1) is 6.61 Å². The second-order valence-electron chi connectivity index (χ2n) is 10.4. The van der Waals surface area contributed by atoms with Gasteiger partial charge < -0.3 is 26.0 Å². The van der Waals surface area contributed by atoms with Crippen LogP contribution in [0.25, 0.3) is 0 Å². The molecule has 0 bridgehead atoms. The van der Waals surface area contributed by atoms with Gasteiger partial charge in [-0.15, -0.1) is 11.8 Å². The Bertz CT molecular complexity index is 874. The van der Waals surface area contributed by atoms with Crippen LogP contribution in [0.5, 0.6) is 0 Å². The first-order valence-corrected chi connectivity index (χ1v) is 14.1. The highest BCUT2D eigenvalue weighted by Gasteiger charge is 2.44. The standard InChI is InChI=1S/C27H42N4O4S/c1-4-35-26(34)30-23(27(2,3)36-18-20-9-6-5-7-10-20)25(33)31-16-8-11-22(31)24(32)29-17-19-12-14-21(28)15-13-19/h5-7,9-10,19,21-23H,4,8,11-18,28H2,1-3H3,(H,29,32)(H,30,34)/t19?,21?,22-,23-/m0/s1. The fraction of sp³-hybridized carbons (Fsp3) is 0.667. The quantitative estimate of drug-likeness (QED) is 0.437. The molecule has 4 N–H and O–H groups in total. The van der Waals surface area contributed by atoms with E-state index in [4.69, 9.17) is 10.5 Å². The zero-order valence-corrected chi connectivity index (χ0v) is 22.6. The monoisotopic (exact) mass is 518 g/mol. The van der Waals surface area contributed by atoms with Gasteiger partial charge in [0, 0.05) is 29.6 Å². The van der Waals surface area contributed by atoms with E-state index >= 15 is 0 Å². The molecule has 1 heterocycles. The summed E-state index contributed by atoms with van der Waals surface area (Å²) in [6.07, 6.45) is 4.78. The zero-order valence-electron chi connectivity index (χ0n) is 21.8. The molecule has 3 amide bonds. The number of amides is 3. The molecule has 8 nitrogen and oxygen atoms in total. The second-order valence-corrected chi connectivity index (χ2v) is 12.0. The number of hydrogen-bond acceptors (Lipinski definition) is 6. The topological polar surface area (TPSA) is 114 Å². The van der Waals surface area contributed by atoms with Gasteiger partial charge in [0.1, 0.15) is 12.1 Å². The van der Waals surface area contributed by atoms with Crippen LogP contribution in [0.2, 0.25) is 0 Å². The summed E-state index contributed by atoms with van der Waals surface area (Å²) in [5.74, 6) is 0.776. The second kappa shape index (κ2) is 13.3. The van der Waals surface area contributed by atoms with Crippen LogP contribution < -0.4 is 16.4 Å². The van der Waals surface area contributed by atoms with E-state index in [0.717, 1.165) is 37.7 Å². The van der Waals surface area contributed by atoms with Gasteiger partial charge in [-0.05, 0) is 70.8 Å². The molecule has 1 aliphatic heterocycles. The summed E-state index contributed by atoms with van der Waals surface area (Å²) in [5, 5.41) is 5.89. The SMILES string of the molecule is CCOC(=O)N[C@@H](C(=O)N1CCC[C@H]1C(=O)NCC1CCC(N)CC1)C(C)(C)SCc1ccccc1. The summed E-state index contributed by atoms with van der Waals surface area (Å²) < 4.78 is 4.48. The zero-order chi connectivity index (χ0) is 26.1. The van der Waals surface area contributed by atoms with E-state index in [9.17, 15) is 14.4 Å². The summed E-state index contributed by atoms with van der Waals surface area (Å²) in [5.41, 5.74) is 7.14. The van der Waals surface area contributed by atoms with Crippen LogP contribution >= 0.6 is 11.8 Å². The summed E-state index contributed by atoms with van der Waals surface area (Å²) in [7, 11) is 0. The van der Waals surface area contributed by atoms with Crippen molar-refractivity contribution >= 4 is 29.7 Å². The molecule has 36 heavy (non-hydrogen) atoms. The highest BCUT2D eigenvalue weighted by atomic mass is 32.2. The minimum atomic E-state index is -0.835. The van der Waals surface area contributed by atoms with E-state index in [2.05, 4.69) is 10.6 Å². The molecule has 0 radical (unpaired) electrons. The molecule has 0 unspecified atom stereocenters. The fourth-order valence-corrected chi connectivity index (χ4v) is 6.03. The van der Waals surface area contributed by atoms with Crippen LogP contribution in [0, 0.1) is 5.92 Å². The van der Waals surface area contributed by atoms with Crippen molar-refractivity contribution in [3.05, 3.63) is 35.9 Å². The van der Waals surface area contributed by atoms with Gasteiger partial charge >= 0.3 is 6.09 Å². The highest BCUT2D eigenvalue weighted by molar-refractivity contribution is 7.99. The molecule has 9 heteroatoms. The lowest BCUT2D eigenvalue weighted by Crippen LogP contribution is -2.60. The minimum absolute atomic E-state index is 0.111. The van der Waals surface area contributed by atoms with E-state index in [1.165, 1.54) is 0 Å². The lowest BCUT2D eigenvalue weighted by atomic mass is 9.86. The van der Waals surface area contributed by atoms with Crippen LogP contribution in [0.3, 0.4) is 0 Å². The Morgan fingerprint density at radius 3 is 2.50 bits per heavy atom. The molecule has 200 valence electrons. The maximum atomic E-state index is 13.8. The Labute approximate surface area is 219 Å². The molecule has 2 aliphatic rings. The van der Waals surface area contributed by atoms with Crippen molar-refractivity contribution < 1.29 is 19.1 Å². The fourth-order valence-electron chi connectivity index (χ4n) is 4.97. The number of carbonyl (C=O) groups excluding carboxylic acids is 3. The summed E-state index contributed by atoms with van der Waals surface area (Å²) in [6.45, 7) is 6.96. The van der Waals surface area contributed by atoms with Gasteiger partial charge in [-0.2, -0.15) is 0 Å². The number of nitrogens with two attached hydrogens (primary N) is 1. The van der Waals surface area contributed by atoms with Crippen molar-refractivity contribution in [2.45, 2.75) is 87.9 Å². The molecule has 0 spiro atoms. The number of nitrogens with one attached hydrogen (secondary N) is 2. The predicted molar refractivity (Wildman–Crippen MR) is 143 cm³/mol. The largest absolute Gasteiger partial charge is 0.450 e. The smallest absolute Gasteiger partial charge is 0.407 e. The van der Waals surface area contributed by atoms with Gasteiger partial charge in [0.2, 0.25) is 11.8 Å².